The van der Waals surface area contributed by atoms with Crippen LogP contribution < -0.4 is 11.1 Å². The van der Waals surface area contributed by atoms with Crippen LogP contribution in [0.25, 0.3) is 0 Å². The van der Waals surface area contributed by atoms with Crippen molar-refractivity contribution in [3.63, 3.8) is 0 Å². The summed E-state index contributed by atoms with van der Waals surface area (Å²) in [4.78, 5) is 37.0. The third-order valence-corrected chi connectivity index (χ3v) is 3.84. The van der Waals surface area contributed by atoms with Crippen LogP contribution in [0.3, 0.4) is 0 Å². The molecular formula is C11H13N3O3S. The van der Waals surface area contributed by atoms with E-state index >= 15 is 0 Å². The van der Waals surface area contributed by atoms with Crippen LogP contribution in [0, 0.1) is 0 Å². The molecule has 1 aromatic heterocycles. The Morgan fingerprint density at radius 1 is 1.50 bits per heavy atom. The van der Waals surface area contributed by atoms with Gasteiger partial charge in [0.2, 0.25) is 5.91 Å². The molecule has 0 spiro atoms. The maximum atomic E-state index is 12.3. The second-order valence-electron chi connectivity index (χ2n) is 4.53. The van der Waals surface area contributed by atoms with Crippen molar-refractivity contribution in [3.05, 3.63) is 16.3 Å². The van der Waals surface area contributed by atoms with E-state index in [9.17, 15) is 14.4 Å². The zero-order chi connectivity index (χ0) is 13.5. The van der Waals surface area contributed by atoms with Crippen LogP contribution in [-0.4, -0.2) is 34.7 Å². The van der Waals surface area contributed by atoms with Gasteiger partial charge in [0.05, 0.1) is 5.69 Å². The first-order chi connectivity index (χ1) is 8.34. The fourth-order valence-corrected chi connectivity index (χ4v) is 2.49. The van der Waals surface area contributed by atoms with Gasteiger partial charge in [0.15, 0.2) is 0 Å². The van der Waals surface area contributed by atoms with Crippen molar-refractivity contribution in [3.8, 4) is 0 Å². The number of imide groups is 1. The summed E-state index contributed by atoms with van der Waals surface area (Å²) < 4.78 is 0. The molecule has 1 aliphatic heterocycles. The van der Waals surface area contributed by atoms with Crippen LogP contribution >= 0.6 is 11.3 Å². The number of piperazine rings is 1. The van der Waals surface area contributed by atoms with E-state index in [2.05, 4.69) is 5.32 Å². The van der Waals surface area contributed by atoms with E-state index < -0.39 is 23.3 Å². The van der Waals surface area contributed by atoms with Crippen molar-refractivity contribution in [2.75, 3.05) is 12.3 Å². The molecule has 2 rings (SSSR count). The number of nitrogens with two attached hydrogens (primary N) is 1. The third-order valence-electron chi connectivity index (χ3n) is 2.92. The molecule has 96 valence electrons. The van der Waals surface area contributed by atoms with Gasteiger partial charge in [-0.05, 0) is 25.3 Å². The minimum Gasteiger partial charge on any atom is -0.397 e. The molecule has 18 heavy (non-hydrogen) atoms. The van der Waals surface area contributed by atoms with Crippen LogP contribution in [0.2, 0.25) is 0 Å². The SMILES string of the molecule is CC1(C)C(=O)NC(=O)CN1C(=O)c1sccc1N. The fraction of sp³-hybridized carbons (Fsp3) is 0.364. The van der Waals surface area contributed by atoms with E-state index in [4.69, 9.17) is 5.73 Å². The molecule has 1 aromatic rings. The topological polar surface area (TPSA) is 92.5 Å². The lowest BCUT2D eigenvalue weighted by molar-refractivity contribution is -0.143. The lowest BCUT2D eigenvalue weighted by Gasteiger charge is -2.39. The quantitative estimate of drug-likeness (QED) is 0.711. The number of anilines is 1. The van der Waals surface area contributed by atoms with Crippen LogP contribution in [0.15, 0.2) is 11.4 Å². The van der Waals surface area contributed by atoms with Crippen molar-refractivity contribution in [1.82, 2.24) is 10.2 Å². The normalized spacial score (nSPS) is 18.7. The van der Waals surface area contributed by atoms with Gasteiger partial charge >= 0.3 is 0 Å². The van der Waals surface area contributed by atoms with E-state index in [0.717, 1.165) is 0 Å². The largest absolute Gasteiger partial charge is 0.397 e. The third kappa shape index (κ3) is 1.86. The molecule has 0 atom stereocenters. The van der Waals surface area contributed by atoms with Crippen molar-refractivity contribution >= 4 is 34.7 Å². The summed E-state index contributed by atoms with van der Waals surface area (Å²) in [5, 5.41) is 3.91. The Bertz CT molecular complexity index is 535. The van der Waals surface area contributed by atoms with Gasteiger partial charge in [-0.2, -0.15) is 0 Å². The molecule has 3 N–H and O–H groups in total. The number of hydrogen-bond donors (Lipinski definition) is 2. The molecule has 1 fully saturated rings. The Morgan fingerprint density at radius 2 is 2.17 bits per heavy atom. The minimum atomic E-state index is -1.07. The molecule has 1 saturated heterocycles. The average Bonchev–Trinajstić information content (AvgIpc) is 2.69. The van der Waals surface area contributed by atoms with Gasteiger partial charge < -0.3 is 10.6 Å². The highest BCUT2D eigenvalue weighted by Crippen LogP contribution is 2.26. The second kappa shape index (κ2) is 4.09. The van der Waals surface area contributed by atoms with Crippen molar-refractivity contribution in [2.45, 2.75) is 19.4 Å². The average molecular weight is 267 g/mol. The summed E-state index contributed by atoms with van der Waals surface area (Å²) in [6, 6.07) is 1.62. The Kier molecular flexibility index (Phi) is 2.86. The number of nitrogen functional groups attached to an aromatic ring is 1. The highest BCUT2D eigenvalue weighted by molar-refractivity contribution is 7.12. The smallest absolute Gasteiger partial charge is 0.267 e. The van der Waals surface area contributed by atoms with Gasteiger partial charge in [0.1, 0.15) is 17.0 Å². The van der Waals surface area contributed by atoms with Gasteiger partial charge in [-0.15, -0.1) is 11.3 Å². The molecule has 2 heterocycles. The number of nitrogens with one attached hydrogen (secondary N) is 1. The van der Waals surface area contributed by atoms with E-state index in [-0.39, 0.29) is 6.54 Å². The molecule has 1 aliphatic rings. The minimum absolute atomic E-state index is 0.144. The molecule has 0 aromatic carbocycles. The zero-order valence-corrected chi connectivity index (χ0v) is 10.8. The first-order valence-corrected chi connectivity index (χ1v) is 6.21. The number of hydrogen-bond acceptors (Lipinski definition) is 5. The van der Waals surface area contributed by atoms with Crippen molar-refractivity contribution < 1.29 is 14.4 Å². The second-order valence-corrected chi connectivity index (χ2v) is 5.45. The number of carbonyl (C=O) groups excluding carboxylic acids is 3. The molecule has 6 nitrogen and oxygen atoms in total. The Balaban J connectivity index is 2.37. The number of carbonyl (C=O) groups is 3. The maximum absolute atomic E-state index is 12.3. The summed E-state index contributed by atoms with van der Waals surface area (Å²) in [6.07, 6.45) is 0. The molecule has 0 aliphatic carbocycles. The van der Waals surface area contributed by atoms with Crippen LogP contribution in [0.5, 0.6) is 0 Å². The van der Waals surface area contributed by atoms with Crippen LogP contribution in [0.1, 0.15) is 23.5 Å². The van der Waals surface area contributed by atoms with Crippen LogP contribution in [0.4, 0.5) is 5.69 Å². The highest BCUT2D eigenvalue weighted by atomic mass is 32.1. The van der Waals surface area contributed by atoms with E-state index in [1.54, 1.807) is 25.3 Å². The molecule has 0 unspecified atom stereocenters. The van der Waals surface area contributed by atoms with Gasteiger partial charge in [0.25, 0.3) is 11.8 Å². The molecule has 0 bridgehead atoms. The Labute approximate surface area is 108 Å². The number of nitrogens with zero attached hydrogens (tertiary/aromatic N) is 1. The van der Waals surface area contributed by atoms with Gasteiger partial charge in [0, 0.05) is 0 Å². The van der Waals surface area contributed by atoms with Gasteiger partial charge in [-0.25, -0.2) is 0 Å². The lowest BCUT2D eigenvalue weighted by atomic mass is 9.98. The zero-order valence-electron chi connectivity index (χ0n) is 10.0. The van der Waals surface area contributed by atoms with E-state index in [1.807, 2.05) is 0 Å². The highest BCUT2D eigenvalue weighted by Gasteiger charge is 2.44. The standard InChI is InChI=1S/C11H13N3O3S/c1-11(2)10(17)13-7(15)5-14(11)9(16)8-6(12)3-4-18-8/h3-4H,5,12H2,1-2H3,(H,13,15,17). The molecule has 3 amide bonds. The molecule has 7 heteroatoms. The summed E-state index contributed by atoms with van der Waals surface area (Å²) in [5.74, 6) is -1.36. The predicted octanol–water partition coefficient (Wildman–Crippen LogP) is 0.207. The van der Waals surface area contributed by atoms with E-state index in [1.165, 1.54) is 16.2 Å². The Hall–Kier alpha value is -1.89. The Morgan fingerprint density at radius 3 is 2.72 bits per heavy atom. The van der Waals surface area contributed by atoms with Gasteiger partial charge in [-0.1, -0.05) is 0 Å². The molecule has 0 saturated carbocycles. The van der Waals surface area contributed by atoms with Crippen molar-refractivity contribution in [2.24, 2.45) is 0 Å². The first-order valence-electron chi connectivity index (χ1n) is 5.33. The number of rotatable bonds is 1. The monoisotopic (exact) mass is 267 g/mol. The van der Waals surface area contributed by atoms with Crippen LogP contribution in [-0.2, 0) is 9.59 Å². The number of thiophene rings is 1. The predicted molar refractivity (Wildman–Crippen MR) is 67.0 cm³/mol. The molecular weight excluding hydrogens is 254 g/mol. The summed E-state index contributed by atoms with van der Waals surface area (Å²) in [7, 11) is 0. The van der Waals surface area contributed by atoms with E-state index in [0.29, 0.717) is 10.6 Å². The first kappa shape index (κ1) is 12.6. The molecule has 0 radical (unpaired) electrons. The van der Waals surface area contributed by atoms with Gasteiger partial charge in [-0.3, -0.25) is 19.7 Å². The fourth-order valence-electron chi connectivity index (χ4n) is 1.72. The summed E-state index contributed by atoms with van der Waals surface area (Å²) in [5.41, 5.74) is 4.98. The summed E-state index contributed by atoms with van der Waals surface area (Å²) in [6.45, 7) is 3.04. The number of amides is 3. The lowest BCUT2D eigenvalue weighted by Crippen LogP contribution is -2.65. The van der Waals surface area contributed by atoms with Crippen molar-refractivity contribution in [1.29, 1.82) is 0 Å². The summed E-state index contributed by atoms with van der Waals surface area (Å²) >= 11 is 1.20. The maximum Gasteiger partial charge on any atom is 0.267 e.